The van der Waals surface area contributed by atoms with Crippen molar-refractivity contribution >= 4 is 21.6 Å². The van der Waals surface area contributed by atoms with E-state index in [-0.39, 0.29) is 22.0 Å². The molecule has 0 aliphatic rings. The molecular weight excluding hydrogens is 382 g/mol. The van der Waals surface area contributed by atoms with Crippen LogP contribution in [0.2, 0.25) is 0 Å². The Bertz CT molecular complexity index is 915. The summed E-state index contributed by atoms with van der Waals surface area (Å²) in [5, 5.41) is 2.55. The van der Waals surface area contributed by atoms with Crippen molar-refractivity contribution in [2.24, 2.45) is 0 Å². The van der Waals surface area contributed by atoms with Gasteiger partial charge in [-0.15, -0.1) is 0 Å². The Morgan fingerprint density at radius 1 is 1.07 bits per heavy atom. The van der Waals surface area contributed by atoms with Crippen molar-refractivity contribution in [3.8, 4) is 11.5 Å². The summed E-state index contributed by atoms with van der Waals surface area (Å²) in [6.45, 7) is -3.07. The molecular formula is C17H18F2N2O5S. The van der Waals surface area contributed by atoms with E-state index in [0.29, 0.717) is 5.69 Å². The average Bonchev–Trinajstić information content (AvgIpc) is 2.61. The maximum absolute atomic E-state index is 12.5. The molecule has 7 nitrogen and oxygen atoms in total. The number of hydrogen-bond donors (Lipinski definition) is 1. The molecule has 10 heteroatoms. The van der Waals surface area contributed by atoms with Crippen molar-refractivity contribution in [3.63, 3.8) is 0 Å². The van der Waals surface area contributed by atoms with Gasteiger partial charge in [-0.2, -0.15) is 8.78 Å². The van der Waals surface area contributed by atoms with Gasteiger partial charge in [0.2, 0.25) is 10.0 Å². The standard InChI is InChI=1S/C17H18F2N2O5S/c1-21(2)27(23,24)13-7-5-12(6-8-13)20-16(22)11-4-9-14(25-3)15(10-11)26-17(18)19/h4-10,17H,1-3H3,(H,20,22). The molecule has 0 saturated carbocycles. The molecule has 0 unspecified atom stereocenters. The van der Waals surface area contributed by atoms with E-state index in [2.05, 4.69) is 10.1 Å². The third kappa shape index (κ3) is 4.92. The summed E-state index contributed by atoms with van der Waals surface area (Å²) in [7, 11) is 0.529. The highest BCUT2D eigenvalue weighted by Gasteiger charge is 2.18. The van der Waals surface area contributed by atoms with Crippen LogP contribution in [0.15, 0.2) is 47.4 Å². The van der Waals surface area contributed by atoms with Gasteiger partial charge in [0.1, 0.15) is 0 Å². The molecule has 27 heavy (non-hydrogen) atoms. The van der Waals surface area contributed by atoms with Gasteiger partial charge in [0.25, 0.3) is 5.91 Å². The van der Waals surface area contributed by atoms with Crippen LogP contribution >= 0.6 is 0 Å². The minimum Gasteiger partial charge on any atom is -0.493 e. The number of sulfonamides is 1. The zero-order valence-corrected chi connectivity index (χ0v) is 15.6. The average molecular weight is 400 g/mol. The van der Waals surface area contributed by atoms with Crippen molar-refractivity contribution < 1.29 is 31.5 Å². The number of rotatable bonds is 7. The lowest BCUT2D eigenvalue weighted by Gasteiger charge is -2.13. The highest BCUT2D eigenvalue weighted by Crippen LogP contribution is 2.30. The normalized spacial score (nSPS) is 11.5. The molecule has 0 aliphatic carbocycles. The van der Waals surface area contributed by atoms with E-state index in [1.165, 1.54) is 57.6 Å². The summed E-state index contributed by atoms with van der Waals surface area (Å²) < 4.78 is 59.3. The minimum absolute atomic E-state index is 0.0603. The van der Waals surface area contributed by atoms with Crippen molar-refractivity contribution in [2.75, 3.05) is 26.5 Å². The Morgan fingerprint density at radius 3 is 2.22 bits per heavy atom. The first-order valence-corrected chi connectivity index (χ1v) is 9.06. The quantitative estimate of drug-likeness (QED) is 0.773. The molecule has 2 aromatic carbocycles. The molecule has 0 aliphatic heterocycles. The lowest BCUT2D eigenvalue weighted by atomic mass is 10.2. The predicted octanol–water partition coefficient (Wildman–Crippen LogP) is 2.80. The molecule has 0 radical (unpaired) electrons. The highest BCUT2D eigenvalue weighted by molar-refractivity contribution is 7.89. The van der Waals surface area contributed by atoms with Crippen LogP contribution in [-0.4, -0.2) is 46.4 Å². The second-order valence-electron chi connectivity index (χ2n) is 5.51. The molecule has 1 amide bonds. The fraction of sp³-hybridized carbons (Fsp3) is 0.235. The molecule has 2 rings (SSSR count). The number of hydrogen-bond acceptors (Lipinski definition) is 5. The van der Waals surface area contributed by atoms with Crippen LogP contribution in [0.5, 0.6) is 11.5 Å². The molecule has 146 valence electrons. The van der Waals surface area contributed by atoms with Crippen molar-refractivity contribution in [1.29, 1.82) is 0 Å². The molecule has 1 N–H and O–H groups in total. The summed E-state index contributed by atoms with van der Waals surface area (Å²) in [6.07, 6.45) is 0. The predicted molar refractivity (Wildman–Crippen MR) is 94.9 cm³/mol. The molecule has 0 fully saturated rings. The van der Waals surface area contributed by atoms with E-state index in [1.54, 1.807) is 0 Å². The number of ether oxygens (including phenoxy) is 2. The third-order valence-corrected chi connectivity index (χ3v) is 5.36. The maximum atomic E-state index is 12.5. The van der Waals surface area contributed by atoms with Crippen LogP contribution in [0.1, 0.15) is 10.4 Å². The molecule has 0 saturated heterocycles. The number of alkyl halides is 2. The maximum Gasteiger partial charge on any atom is 0.387 e. The van der Waals surface area contributed by atoms with Crippen LogP contribution < -0.4 is 14.8 Å². The van der Waals surface area contributed by atoms with Crippen molar-refractivity contribution in [3.05, 3.63) is 48.0 Å². The van der Waals surface area contributed by atoms with Gasteiger partial charge in [-0.1, -0.05) is 0 Å². The summed E-state index contributed by atoms with van der Waals surface area (Å²) in [5.74, 6) is -0.794. The molecule has 0 aromatic heterocycles. The van der Waals surface area contributed by atoms with Gasteiger partial charge in [-0.3, -0.25) is 4.79 Å². The first kappa shape index (κ1) is 20.6. The number of carbonyl (C=O) groups is 1. The number of anilines is 1. The number of nitrogens with zero attached hydrogens (tertiary/aromatic N) is 1. The number of nitrogens with one attached hydrogen (secondary N) is 1. The van der Waals surface area contributed by atoms with Gasteiger partial charge >= 0.3 is 6.61 Å². The first-order chi connectivity index (χ1) is 12.6. The zero-order chi connectivity index (χ0) is 20.2. The number of methoxy groups -OCH3 is 1. The molecule has 0 bridgehead atoms. The van der Waals surface area contributed by atoms with Gasteiger partial charge in [-0.05, 0) is 42.5 Å². The Kier molecular flexibility index (Phi) is 6.34. The summed E-state index contributed by atoms with van der Waals surface area (Å²) in [5.41, 5.74) is 0.404. The van der Waals surface area contributed by atoms with E-state index < -0.39 is 22.5 Å². The van der Waals surface area contributed by atoms with E-state index >= 15 is 0 Å². The lowest BCUT2D eigenvalue weighted by Crippen LogP contribution is -2.22. The van der Waals surface area contributed by atoms with E-state index in [9.17, 15) is 22.0 Å². The van der Waals surface area contributed by atoms with Crippen LogP contribution in [-0.2, 0) is 10.0 Å². The Hall–Kier alpha value is -2.72. The van der Waals surface area contributed by atoms with Crippen molar-refractivity contribution in [2.45, 2.75) is 11.5 Å². The number of amides is 1. The SMILES string of the molecule is COc1ccc(C(=O)Nc2ccc(S(=O)(=O)N(C)C)cc2)cc1OC(F)F. The van der Waals surface area contributed by atoms with Gasteiger partial charge in [0, 0.05) is 25.3 Å². The first-order valence-electron chi connectivity index (χ1n) is 7.62. The Morgan fingerprint density at radius 2 is 1.70 bits per heavy atom. The van der Waals surface area contributed by atoms with Crippen LogP contribution in [0.4, 0.5) is 14.5 Å². The molecule has 2 aromatic rings. The topological polar surface area (TPSA) is 84.9 Å². The highest BCUT2D eigenvalue weighted by atomic mass is 32.2. The fourth-order valence-electron chi connectivity index (χ4n) is 2.13. The Balaban J connectivity index is 2.20. The molecule has 0 spiro atoms. The van der Waals surface area contributed by atoms with Crippen molar-refractivity contribution in [1.82, 2.24) is 4.31 Å². The largest absolute Gasteiger partial charge is 0.493 e. The molecule has 0 atom stereocenters. The monoisotopic (exact) mass is 400 g/mol. The number of carbonyl (C=O) groups excluding carboxylic acids is 1. The number of halogens is 2. The number of benzene rings is 2. The summed E-state index contributed by atoms with van der Waals surface area (Å²) in [4.78, 5) is 12.4. The van der Waals surface area contributed by atoms with E-state index in [4.69, 9.17) is 4.74 Å². The fourth-order valence-corrected chi connectivity index (χ4v) is 3.03. The lowest BCUT2D eigenvalue weighted by molar-refractivity contribution is -0.0512. The third-order valence-electron chi connectivity index (χ3n) is 3.53. The van der Waals surface area contributed by atoms with Crippen LogP contribution in [0.3, 0.4) is 0 Å². The van der Waals surface area contributed by atoms with E-state index in [1.807, 2.05) is 0 Å². The smallest absolute Gasteiger partial charge is 0.387 e. The second-order valence-corrected chi connectivity index (χ2v) is 7.66. The van der Waals surface area contributed by atoms with Crippen LogP contribution in [0, 0.1) is 0 Å². The van der Waals surface area contributed by atoms with Gasteiger partial charge in [-0.25, -0.2) is 12.7 Å². The Labute approximate surface area is 155 Å². The zero-order valence-electron chi connectivity index (χ0n) is 14.8. The van der Waals surface area contributed by atoms with E-state index in [0.717, 1.165) is 10.4 Å². The van der Waals surface area contributed by atoms with Crippen LogP contribution in [0.25, 0.3) is 0 Å². The summed E-state index contributed by atoms with van der Waals surface area (Å²) in [6, 6.07) is 9.40. The van der Waals surface area contributed by atoms with Gasteiger partial charge < -0.3 is 14.8 Å². The van der Waals surface area contributed by atoms with Gasteiger partial charge in [0.05, 0.1) is 12.0 Å². The minimum atomic E-state index is -3.58. The summed E-state index contributed by atoms with van der Waals surface area (Å²) >= 11 is 0. The second kappa shape index (κ2) is 8.31. The van der Waals surface area contributed by atoms with Gasteiger partial charge in [0.15, 0.2) is 11.5 Å². The molecule has 0 heterocycles.